The predicted octanol–water partition coefficient (Wildman–Crippen LogP) is 2.82. The van der Waals surface area contributed by atoms with Crippen LogP contribution in [-0.4, -0.2) is 39.1 Å². The molecule has 1 aromatic carbocycles. The molecule has 2 aromatic heterocycles. The molecule has 0 saturated carbocycles. The molecule has 0 unspecified atom stereocenters. The largest absolute Gasteiger partial charge is 0.325 e. The summed E-state index contributed by atoms with van der Waals surface area (Å²) in [6, 6.07) is 9.41. The van der Waals surface area contributed by atoms with Gasteiger partial charge in [-0.3, -0.25) is 29.3 Å². The summed E-state index contributed by atoms with van der Waals surface area (Å²) in [6.07, 6.45) is 7.42. The van der Waals surface area contributed by atoms with Crippen molar-refractivity contribution in [1.82, 2.24) is 14.9 Å². The maximum Gasteiger partial charge on any atom is 0.253 e. The van der Waals surface area contributed by atoms with Gasteiger partial charge in [-0.25, -0.2) is 0 Å². The number of hydrogen-bond acceptors (Lipinski definition) is 5. The van der Waals surface area contributed by atoms with Crippen LogP contribution in [0.3, 0.4) is 0 Å². The highest BCUT2D eigenvalue weighted by molar-refractivity contribution is 6.13. The zero-order valence-corrected chi connectivity index (χ0v) is 15.1. The quantitative estimate of drug-likeness (QED) is 0.407. The van der Waals surface area contributed by atoms with Crippen molar-refractivity contribution in [2.75, 3.05) is 11.9 Å². The van der Waals surface area contributed by atoms with E-state index >= 15 is 0 Å². The minimum atomic E-state index is -0.293. The van der Waals surface area contributed by atoms with E-state index in [1.54, 1.807) is 12.4 Å². The second kappa shape index (κ2) is 7.56. The lowest BCUT2D eigenvalue weighted by Crippen LogP contribution is -2.30. The molecule has 3 amide bonds. The first-order valence-corrected chi connectivity index (χ1v) is 9.09. The third-order valence-corrected chi connectivity index (χ3v) is 4.67. The zero-order valence-electron chi connectivity index (χ0n) is 15.1. The molecule has 1 aliphatic rings. The molecular weight excluding hydrogens is 356 g/mol. The first-order chi connectivity index (χ1) is 13.6. The highest BCUT2D eigenvalue weighted by atomic mass is 16.2. The number of carbonyl (C=O) groups excluding carboxylic acids is 3. The average molecular weight is 374 g/mol. The Morgan fingerprint density at radius 2 is 1.68 bits per heavy atom. The van der Waals surface area contributed by atoms with Crippen molar-refractivity contribution in [1.29, 1.82) is 0 Å². The summed E-state index contributed by atoms with van der Waals surface area (Å²) in [5.41, 5.74) is 2.24. The van der Waals surface area contributed by atoms with E-state index in [9.17, 15) is 14.4 Å². The van der Waals surface area contributed by atoms with Gasteiger partial charge < -0.3 is 5.32 Å². The van der Waals surface area contributed by atoms with Crippen molar-refractivity contribution in [3.8, 4) is 0 Å². The minimum Gasteiger partial charge on any atom is -0.325 e. The van der Waals surface area contributed by atoms with Crippen molar-refractivity contribution in [3.63, 3.8) is 0 Å². The van der Waals surface area contributed by atoms with Crippen LogP contribution in [-0.2, 0) is 14.4 Å². The van der Waals surface area contributed by atoms with E-state index in [0.29, 0.717) is 31.5 Å². The van der Waals surface area contributed by atoms with E-state index in [2.05, 4.69) is 15.3 Å². The zero-order chi connectivity index (χ0) is 19.5. The van der Waals surface area contributed by atoms with E-state index in [0.717, 1.165) is 21.8 Å². The molecule has 1 aliphatic heterocycles. The van der Waals surface area contributed by atoms with E-state index < -0.39 is 0 Å². The lowest BCUT2D eigenvalue weighted by atomic mass is 10.1. The number of fused-ring (bicyclic) bond motifs is 3. The number of benzene rings is 1. The molecule has 3 aromatic rings. The smallest absolute Gasteiger partial charge is 0.253 e. The predicted molar refractivity (Wildman–Crippen MR) is 105 cm³/mol. The molecule has 7 nitrogen and oxygen atoms in total. The van der Waals surface area contributed by atoms with Gasteiger partial charge >= 0.3 is 0 Å². The number of rotatable bonds is 6. The Morgan fingerprint density at radius 1 is 0.964 bits per heavy atom. The van der Waals surface area contributed by atoms with Crippen LogP contribution in [0.4, 0.5) is 5.69 Å². The number of amides is 3. The molecule has 0 fully saturated rings. The summed E-state index contributed by atoms with van der Waals surface area (Å²) >= 11 is 0. The van der Waals surface area contributed by atoms with Gasteiger partial charge in [0.1, 0.15) is 0 Å². The van der Waals surface area contributed by atoms with Gasteiger partial charge in [-0.1, -0.05) is 6.07 Å². The third-order valence-electron chi connectivity index (χ3n) is 4.67. The molecule has 28 heavy (non-hydrogen) atoms. The topological polar surface area (TPSA) is 92.3 Å². The molecule has 0 bridgehead atoms. The van der Waals surface area contributed by atoms with E-state index in [1.807, 2.05) is 30.3 Å². The van der Waals surface area contributed by atoms with Crippen LogP contribution in [0.25, 0.3) is 21.8 Å². The molecule has 0 atom stereocenters. The first-order valence-electron chi connectivity index (χ1n) is 9.09. The summed E-state index contributed by atoms with van der Waals surface area (Å²) in [5, 5.41) is 4.70. The number of pyridine rings is 2. The van der Waals surface area contributed by atoms with Crippen LogP contribution in [0.5, 0.6) is 0 Å². The standard InChI is InChI=1S/C21H18N4O3/c26-17(7-1-2-12-25-18(27)8-9-19(25)28)24-16-13-14-5-3-10-22-20(14)21-15(16)6-4-11-23-21/h3-6,8-11,13H,1-2,7,12H2,(H,24,26). The summed E-state index contributed by atoms with van der Waals surface area (Å²) < 4.78 is 0. The average Bonchev–Trinajstić information content (AvgIpc) is 3.03. The van der Waals surface area contributed by atoms with Crippen LogP contribution in [0, 0.1) is 0 Å². The molecule has 0 spiro atoms. The Hall–Kier alpha value is -3.61. The highest BCUT2D eigenvalue weighted by Gasteiger charge is 2.22. The fourth-order valence-corrected chi connectivity index (χ4v) is 3.30. The van der Waals surface area contributed by atoms with Crippen molar-refractivity contribution >= 4 is 45.2 Å². The number of imide groups is 1. The van der Waals surface area contributed by atoms with E-state index in [1.165, 1.54) is 17.1 Å². The number of nitrogens with zero attached hydrogens (tertiary/aromatic N) is 3. The molecule has 0 radical (unpaired) electrons. The van der Waals surface area contributed by atoms with Gasteiger partial charge in [-0.15, -0.1) is 0 Å². The van der Waals surface area contributed by atoms with Crippen molar-refractivity contribution in [3.05, 3.63) is 54.9 Å². The molecule has 0 aliphatic carbocycles. The van der Waals surface area contributed by atoms with Gasteiger partial charge in [-0.2, -0.15) is 0 Å². The minimum absolute atomic E-state index is 0.120. The van der Waals surface area contributed by atoms with Gasteiger partial charge in [0.25, 0.3) is 11.8 Å². The molecule has 140 valence electrons. The molecule has 4 rings (SSSR count). The maximum absolute atomic E-state index is 12.4. The fourth-order valence-electron chi connectivity index (χ4n) is 3.30. The fraction of sp³-hybridized carbons (Fsp3) is 0.190. The van der Waals surface area contributed by atoms with Gasteiger partial charge in [-0.05, 0) is 37.1 Å². The van der Waals surface area contributed by atoms with Crippen LogP contribution in [0.15, 0.2) is 54.9 Å². The van der Waals surface area contributed by atoms with E-state index in [-0.39, 0.29) is 17.7 Å². The Kier molecular flexibility index (Phi) is 4.80. The van der Waals surface area contributed by atoms with Crippen molar-refractivity contribution < 1.29 is 14.4 Å². The lowest BCUT2D eigenvalue weighted by Gasteiger charge is -2.13. The molecule has 7 heteroatoms. The summed E-state index contributed by atoms with van der Waals surface area (Å²) in [5.74, 6) is -0.706. The Balaban J connectivity index is 1.42. The second-order valence-corrected chi connectivity index (χ2v) is 6.57. The highest BCUT2D eigenvalue weighted by Crippen LogP contribution is 2.29. The number of unbranched alkanes of at least 4 members (excludes halogenated alkanes) is 1. The Morgan fingerprint density at radius 3 is 2.46 bits per heavy atom. The van der Waals surface area contributed by atoms with Crippen LogP contribution in [0.1, 0.15) is 19.3 Å². The normalized spacial score (nSPS) is 13.6. The Labute approximate surface area is 161 Å². The van der Waals surface area contributed by atoms with Gasteiger partial charge in [0, 0.05) is 48.3 Å². The molecule has 1 N–H and O–H groups in total. The number of hydrogen-bond donors (Lipinski definition) is 1. The molecular formula is C21H18N4O3. The Bertz CT molecular complexity index is 1110. The molecule has 0 saturated heterocycles. The lowest BCUT2D eigenvalue weighted by molar-refractivity contribution is -0.136. The van der Waals surface area contributed by atoms with E-state index in [4.69, 9.17) is 0 Å². The third kappa shape index (κ3) is 3.46. The second-order valence-electron chi connectivity index (χ2n) is 6.57. The number of carbonyl (C=O) groups is 3. The SMILES string of the molecule is O=C(CCCCN1C(=O)C=CC1=O)Nc1cc2cccnc2c2ncccc12. The number of aromatic nitrogens is 2. The maximum atomic E-state index is 12.4. The molecule has 3 heterocycles. The van der Waals surface area contributed by atoms with Gasteiger partial charge in [0.05, 0.1) is 16.7 Å². The monoisotopic (exact) mass is 374 g/mol. The van der Waals surface area contributed by atoms with Crippen LogP contribution < -0.4 is 5.32 Å². The summed E-state index contributed by atoms with van der Waals surface area (Å²) in [4.78, 5) is 45.4. The number of nitrogens with one attached hydrogen (secondary N) is 1. The summed E-state index contributed by atoms with van der Waals surface area (Å²) in [6.45, 7) is 0.326. The first kappa shape index (κ1) is 17.8. The van der Waals surface area contributed by atoms with Gasteiger partial charge in [0.15, 0.2) is 0 Å². The van der Waals surface area contributed by atoms with Crippen molar-refractivity contribution in [2.24, 2.45) is 0 Å². The van der Waals surface area contributed by atoms with Crippen LogP contribution >= 0.6 is 0 Å². The van der Waals surface area contributed by atoms with Crippen molar-refractivity contribution in [2.45, 2.75) is 19.3 Å². The number of anilines is 1. The van der Waals surface area contributed by atoms with Gasteiger partial charge in [0.2, 0.25) is 5.91 Å². The summed E-state index contributed by atoms with van der Waals surface area (Å²) in [7, 11) is 0. The van der Waals surface area contributed by atoms with Crippen LogP contribution in [0.2, 0.25) is 0 Å².